The molecule has 0 fully saturated rings. The van der Waals surface area contributed by atoms with Crippen LogP contribution in [-0.4, -0.2) is 12.4 Å². The molecule has 0 amide bonds. The highest BCUT2D eigenvalue weighted by Crippen LogP contribution is 2.31. The Bertz CT molecular complexity index is 414. The molecule has 1 rings (SSSR count). The Kier molecular flexibility index (Phi) is 4.61. The van der Waals surface area contributed by atoms with E-state index in [9.17, 15) is 13.6 Å². The van der Waals surface area contributed by atoms with Crippen molar-refractivity contribution in [1.29, 1.82) is 0 Å². The van der Waals surface area contributed by atoms with Crippen LogP contribution in [-0.2, 0) is 6.42 Å². The van der Waals surface area contributed by atoms with Crippen LogP contribution in [0.3, 0.4) is 0 Å². The Hall–Kier alpha value is -1.45. The van der Waals surface area contributed by atoms with E-state index in [1.165, 1.54) is 19.1 Å². The van der Waals surface area contributed by atoms with Gasteiger partial charge in [0.15, 0.2) is 5.78 Å². The third-order valence-corrected chi connectivity index (χ3v) is 2.53. The second-order valence-corrected chi connectivity index (χ2v) is 3.69. The molecular formula is C13H16F2O2. The minimum absolute atomic E-state index is 0.0423. The molecule has 0 aliphatic carbocycles. The number of Topliss-reactive ketones (excluding diaryl/α,β-unsaturated/α-hetero) is 1. The van der Waals surface area contributed by atoms with Crippen molar-refractivity contribution in [3.63, 3.8) is 0 Å². The van der Waals surface area contributed by atoms with E-state index < -0.39 is 6.43 Å². The number of ether oxygens (including phenoxy) is 1. The van der Waals surface area contributed by atoms with Gasteiger partial charge >= 0.3 is 0 Å². The van der Waals surface area contributed by atoms with Crippen LogP contribution in [0.25, 0.3) is 0 Å². The zero-order valence-electron chi connectivity index (χ0n) is 10.2. The molecule has 0 saturated heterocycles. The van der Waals surface area contributed by atoms with E-state index in [1.54, 1.807) is 0 Å². The second-order valence-electron chi connectivity index (χ2n) is 3.69. The molecule has 0 heterocycles. The average Bonchev–Trinajstić information content (AvgIpc) is 2.28. The normalized spacial score (nSPS) is 10.7. The van der Waals surface area contributed by atoms with Gasteiger partial charge in [-0.05, 0) is 38.0 Å². The summed E-state index contributed by atoms with van der Waals surface area (Å²) in [7, 11) is 0. The zero-order chi connectivity index (χ0) is 13.0. The molecule has 94 valence electrons. The molecule has 0 aliphatic rings. The van der Waals surface area contributed by atoms with Crippen LogP contribution in [0.15, 0.2) is 12.1 Å². The van der Waals surface area contributed by atoms with Gasteiger partial charge in [-0.15, -0.1) is 0 Å². The second kappa shape index (κ2) is 5.75. The maximum absolute atomic E-state index is 12.8. The number of carbonyl (C=O) groups is 1. The van der Waals surface area contributed by atoms with Gasteiger partial charge in [0, 0.05) is 11.1 Å². The monoisotopic (exact) mass is 242 g/mol. The van der Waals surface area contributed by atoms with Gasteiger partial charge in [-0.1, -0.05) is 6.92 Å². The molecule has 0 radical (unpaired) electrons. The van der Waals surface area contributed by atoms with Gasteiger partial charge in [0.25, 0.3) is 6.43 Å². The predicted molar refractivity (Wildman–Crippen MR) is 62.0 cm³/mol. The lowest BCUT2D eigenvalue weighted by Gasteiger charge is -2.14. The van der Waals surface area contributed by atoms with Crippen LogP contribution < -0.4 is 4.74 Å². The Balaban J connectivity index is 3.36. The molecule has 2 nitrogen and oxygen atoms in total. The first-order chi connectivity index (χ1) is 8.01. The lowest BCUT2D eigenvalue weighted by molar-refractivity contribution is 0.0998. The SMILES string of the molecule is CCOc1cc(C(C)=O)c(C(F)F)cc1CC. The molecular weight excluding hydrogens is 226 g/mol. The lowest BCUT2D eigenvalue weighted by atomic mass is 9.99. The van der Waals surface area contributed by atoms with E-state index in [2.05, 4.69) is 0 Å². The molecule has 0 aliphatic heterocycles. The summed E-state index contributed by atoms with van der Waals surface area (Å²) in [4.78, 5) is 11.3. The molecule has 0 bridgehead atoms. The number of alkyl halides is 2. The van der Waals surface area contributed by atoms with E-state index in [0.29, 0.717) is 24.3 Å². The number of rotatable bonds is 5. The van der Waals surface area contributed by atoms with Crippen molar-refractivity contribution >= 4 is 5.78 Å². The number of hydrogen-bond acceptors (Lipinski definition) is 2. The van der Waals surface area contributed by atoms with Crippen molar-refractivity contribution in [2.24, 2.45) is 0 Å². The molecule has 0 spiro atoms. The first-order valence-corrected chi connectivity index (χ1v) is 5.59. The molecule has 0 unspecified atom stereocenters. The fourth-order valence-electron chi connectivity index (χ4n) is 1.70. The lowest BCUT2D eigenvalue weighted by Crippen LogP contribution is -2.05. The molecule has 0 N–H and O–H groups in total. The fraction of sp³-hybridized carbons (Fsp3) is 0.462. The Labute approximate surface area is 99.6 Å². The van der Waals surface area contributed by atoms with Crippen LogP contribution in [0.5, 0.6) is 5.75 Å². The smallest absolute Gasteiger partial charge is 0.264 e. The molecule has 0 atom stereocenters. The number of hydrogen-bond donors (Lipinski definition) is 0. The molecule has 1 aromatic carbocycles. The quantitative estimate of drug-likeness (QED) is 0.734. The predicted octanol–water partition coefficient (Wildman–Crippen LogP) is 3.79. The topological polar surface area (TPSA) is 26.3 Å². The molecule has 4 heteroatoms. The summed E-state index contributed by atoms with van der Waals surface area (Å²) in [5.41, 5.74) is 0.533. The van der Waals surface area contributed by atoms with Crippen molar-refractivity contribution in [1.82, 2.24) is 0 Å². The number of benzene rings is 1. The average molecular weight is 242 g/mol. The van der Waals surface area contributed by atoms with E-state index in [0.717, 1.165) is 0 Å². The summed E-state index contributed by atoms with van der Waals surface area (Å²) >= 11 is 0. The summed E-state index contributed by atoms with van der Waals surface area (Å²) in [5.74, 6) is 0.147. The van der Waals surface area contributed by atoms with Gasteiger partial charge in [-0.25, -0.2) is 8.78 Å². The Morgan fingerprint density at radius 2 is 2.00 bits per heavy atom. The highest BCUT2D eigenvalue weighted by Gasteiger charge is 2.19. The minimum Gasteiger partial charge on any atom is -0.494 e. The van der Waals surface area contributed by atoms with Crippen LogP contribution in [0, 0.1) is 0 Å². The van der Waals surface area contributed by atoms with Crippen molar-refractivity contribution in [2.75, 3.05) is 6.61 Å². The van der Waals surface area contributed by atoms with Gasteiger partial charge in [-0.2, -0.15) is 0 Å². The Morgan fingerprint density at radius 1 is 1.35 bits per heavy atom. The summed E-state index contributed by atoms with van der Waals surface area (Å²) < 4.78 is 31.0. The highest BCUT2D eigenvalue weighted by atomic mass is 19.3. The summed E-state index contributed by atoms with van der Waals surface area (Å²) in [6.45, 7) is 5.40. The standard InChI is InChI=1S/C13H16F2O2/c1-4-9-6-11(13(14)15)10(8(3)16)7-12(9)17-5-2/h6-7,13H,4-5H2,1-3H3. The third-order valence-electron chi connectivity index (χ3n) is 2.53. The van der Waals surface area contributed by atoms with E-state index in [-0.39, 0.29) is 16.9 Å². The first-order valence-electron chi connectivity index (χ1n) is 5.59. The van der Waals surface area contributed by atoms with Crippen molar-refractivity contribution in [3.8, 4) is 5.75 Å². The summed E-state index contributed by atoms with van der Waals surface area (Å²) in [6, 6.07) is 2.79. The van der Waals surface area contributed by atoms with Gasteiger partial charge < -0.3 is 4.74 Å². The third kappa shape index (κ3) is 3.02. The summed E-state index contributed by atoms with van der Waals surface area (Å²) in [6.07, 6.45) is -2.05. The highest BCUT2D eigenvalue weighted by molar-refractivity contribution is 5.96. The van der Waals surface area contributed by atoms with E-state index >= 15 is 0 Å². The largest absolute Gasteiger partial charge is 0.494 e. The molecule has 0 aromatic heterocycles. The van der Waals surface area contributed by atoms with E-state index in [1.807, 2.05) is 13.8 Å². The van der Waals surface area contributed by atoms with Crippen LogP contribution >= 0.6 is 0 Å². The van der Waals surface area contributed by atoms with Crippen molar-refractivity contribution in [3.05, 3.63) is 28.8 Å². The number of halogens is 2. The molecule has 17 heavy (non-hydrogen) atoms. The van der Waals surface area contributed by atoms with Gasteiger partial charge in [0.05, 0.1) is 6.61 Å². The van der Waals surface area contributed by atoms with Crippen LogP contribution in [0.4, 0.5) is 8.78 Å². The van der Waals surface area contributed by atoms with Crippen molar-refractivity contribution < 1.29 is 18.3 Å². The molecule has 0 saturated carbocycles. The van der Waals surface area contributed by atoms with Crippen LogP contribution in [0.1, 0.15) is 48.7 Å². The van der Waals surface area contributed by atoms with Gasteiger partial charge in [0.2, 0.25) is 0 Å². The fourth-order valence-corrected chi connectivity index (χ4v) is 1.70. The zero-order valence-corrected chi connectivity index (χ0v) is 10.2. The van der Waals surface area contributed by atoms with Gasteiger partial charge in [0.1, 0.15) is 5.75 Å². The minimum atomic E-state index is -2.64. The van der Waals surface area contributed by atoms with Gasteiger partial charge in [-0.3, -0.25) is 4.79 Å². The Morgan fingerprint density at radius 3 is 2.41 bits per heavy atom. The van der Waals surface area contributed by atoms with E-state index in [4.69, 9.17) is 4.74 Å². The van der Waals surface area contributed by atoms with Crippen LogP contribution in [0.2, 0.25) is 0 Å². The maximum Gasteiger partial charge on any atom is 0.264 e. The summed E-state index contributed by atoms with van der Waals surface area (Å²) in [5, 5.41) is 0. The first kappa shape index (κ1) is 13.6. The number of ketones is 1. The number of carbonyl (C=O) groups excluding carboxylic acids is 1. The molecule has 1 aromatic rings. The maximum atomic E-state index is 12.8. The van der Waals surface area contributed by atoms with Crippen molar-refractivity contribution in [2.45, 2.75) is 33.6 Å². The number of aryl methyl sites for hydroxylation is 1.